The van der Waals surface area contributed by atoms with Crippen LogP contribution < -0.4 is 10.6 Å². The molecule has 0 radical (unpaired) electrons. The second-order valence-electron chi connectivity index (χ2n) is 6.81. The maximum Gasteiger partial charge on any atom is 0.433 e. The SMILES string of the molecule is Cc1cc(C(F)(F)F)n(C[C@@H](C)CNc2nc(C)nc3c2CCNC3)n1. The zero-order valence-corrected chi connectivity index (χ0v) is 15.1. The average molecular weight is 368 g/mol. The molecule has 0 bridgehead atoms. The number of rotatable bonds is 5. The van der Waals surface area contributed by atoms with Crippen LogP contribution in [0.15, 0.2) is 6.07 Å². The molecule has 0 fully saturated rings. The molecule has 2 aromatic heterocycles. The number of hydrogen-bond donors (Lipinski definition) is 2. The summed E-state index contributed by atoms with van der Waals surface area (Å²) in [5, 5.41) is 10.6. The van der Waals surface area contributed by atoms with Gasteiger partial charge in [-0.2, -0.15) is 18.3 Å². The quantitative estimate of drug-likeness (QED) is 0.849. The Morgan fingerprint density at radius 3 is 2.81 bits per heavy atom. The Kier molecular flexibility index (Phi) is 5.17. The highest BCUT2D eigenvalue weighted by Crippen LogP contribution is 2.30. The summed E-state index contributed by atoms with van der Waals surface area (Å²) in [4.78, 5) is 8.93. The van der Waals surface area contributed by atoms with Crippen molar-refractivity contribution in [2.24, 2.45) is 5.92 Å². The van der Waals surface area contributed by atoms with Gasteiger partial charge in [0.2, 0.25) is 0 Å². The van der Waals surface area contributed by atoms with E-state index in [9.17, 15) is 13.2 Å². The average Bonchev–Trinajstić information content (AvgIpc) is 2.93. The number of anilines is 1. The van der Waals surface area contributed by atoms with Gasteiger partial charge in [0.15, 0.2) is 0 Å². The van der Waals surface area contributed by atoms with Crippen molar-refractivity contribution in [3.8, 4) is 0 Å². The van der Waals surface area contributed by atoms with E-state index in [0.29, 0.717) is 24.6 Å². The van der Waals surface area contributed by atoms with Crippen LogP contribution in [-0.4, -0.2) is 32.8 Å². The first-order valence-corrected chi connectivity index (χ1v) is 8.66. The Morgan fingerprint density at radius 2 is 2.08 bits per heavy atom. The summed E-state index contributed by atoms with van der Waals surface area (Å²) < 4.78 is 40.3. The Hall–Kier alpha value is -2.16. The predicted molar refractivity (Wildman–Crippen MR) is 91.8 cm³/mol. The number of aromatic nitrogens is 4. The van der Waals surface area contributed by atoms with Crippen molar-refractivity contribution < 1.29 is 13.2 Å². The minimum absolute atomic E-state index is 0.0527. The first-order valence-electron chi connectivity index (χ1n) is 8.66. The maximum atomic E-state index is 13.1. The fraction of sp³-hybridized carbons (Fsp3) is 0.588. The van der Waals surface area contributed by atoms with Gasteiger partial charge in [0.05, 0.1) is 11.4 Å². The maximum absolute atomic E-state index is 13.1. The Bertz CT molecular complexity index is 784. The number of alkyl halides is 3. The Morgan fingerprint density at radius 1 is 1.31 bits per heavy atom. The van der Waals surface area contributed by atoms with Crippen molar-refractivity contribution in [1.82, 2.24) is 25.1 Å². The zero-order valence-electron chi connectivity index (χ0n) is 15.1. The molecule has 9 heteroatoms. The molecular weight excluding hydrogens is 345 g/mol. The highest BCUT2D eigenvalue weighted by molar-refractivity contribution is 5.47. The van der Waals surface area contributed by atoms with Crippen LogP contribution in [0.2, 0.25) is 0 Å². The van der Waals surface area contributed by atoms with Crippen molar-refractivity contribution in [2.75, 3.05) is 18.4 Å². The molecule has 2 aromatic rings. The van der Waals surface area contributed by atoms with Crippen molar-refractivity contribution in [3.63, 3.8) is 0 Å². The number of hydrogen-bond acceptors (Lipinski definition) is 5. The first-order chi connectivity index (χ1) is 12.2. The molecule has 1 atom stereocenters. The predicted octanol–water partition coefficient (Wildman–Crippen LogP) is 2.70. The molecule has 0 spiro atoms. The van der Waals surface area contributed by atoms with Crippen molar-refractivity contribution in [1.29, 1.82) is 0 Å². The summed E-state index contributed by atoms with van der Waals surface area (Å²) in [5.74, 6) is 1.42. The Labute approximate surface area is 150 Å². The summed E-state index contributed by atoms with van der Waals surface area (Å²) in [7, 11) is 0. The zero-order chi connectivity index (χ0) is 18.9. The molecule has 142 valence electrons. The lowest BCUT2D eigenvalue weighted by atomic mass is 10.1. The van der Waals surface area contributed by atoms with E-state index in [0.717, 1.165) is 40.8 Å². The van der Waals surface area contributed by atoms with Crippen LogP contribution in [0.3, 0.4) is 0 Å². The second kappa shape index (κ2) is 7.22. The number of nitrogens with one attached hydrogen (secondary N) is 2. The van der Waals surface area contributed by atoms with Gasteiger partial charge in [-0.15, -0.1) is 0 Å². The van der Waals surface area contributed by atoms with E-state index in [4.69, 9.17) is 0 Å². The van der Waals surface area contributed by atoms with E-state index < -0.39 is 11.9 Å². The third-order valence-corrected chi connectivity index (χ3v) is 4.34. The smallest absolute Gasteiger partial charge is 0.369 e. The molecule has 1 aliphatic rings. The van der Waals surface area contributed by atoms with Gasteiger partial charge in [-0.25, -0.2) is 9.97 Å². The molecule has 1 aliphatic heterocycles. The molecule has 0 unspecified atom stereocenters. The lowest BCUT2D eigenvalue weighted by Crippen LogP contribution is -2.28. The highest BCUT2D eigenvalue weighted by atomic mass is 19.4. The van der Waals surface area contributed by atoms with Gasteiger partial charge in [-0.05, 0) is 38.8 Å². The molecule has 3 rings (SSSR count). The minimum Gasteiger partial charge on any atom is -0.369 e. The molecule has 0 saturated heterocycles. The number of halogens is 3. The summed E-state index contributed by atoms with van der Waals surface area (Å²) in [6.07, 6.45) is -3.56. The first kappa shape index (κ1) is 18.6. The van der Waals surface area contributed by atoms with Crippen LogP contribution >= 0.6 is 0 Å². The topological polar surface area (TPSA) is 67.7 Å². The van der Waals surface area contributed by atoms with Crippen LogP contribution in [0.4, 0.5) is 19.0 Å². The van der Waals surface area contributed by atoms with Crippen molar-refractivity contribution in [2.45, 2.75) is 46.5 Å². The molecule has 3 heterocycles. The standard InChI is InChI=1S/C17H23F3N6/c1-10(9-26-15(17(18,19)20)6-11(2)25-26)7-22-16-13-4-5-21-8-14(13)23-12(3)24-16/h6,10,21H,4-5,7-9H2,1-3H3,(H,22,23,24)/t10-/m0/s1. The minimum atomic E-state index is -4.40. The third-order valence-electron chi connectivity index (χ3n) is 4.34. The van der Waals surface area contributed by atoms with Crippen LogP contribution in [0.1, 0.15) is 35.4 Å². The number of nitrogens with zero attached hydrogens (tertiary/aromatic N) is 4. The third kappa shape index (κ3) is 4.14. The fourth-order valence-electron chi connectivity index (χ4n) is 3.17. The molecule has 0 saturated carbocycles. The van der Waals surface area contributed by atoms with Crippen LogP contribution in [0, 0.1) is 19.8 Å². The van der Waals surface area contributed by atoms with Crippen LogP contribution in [0.25, 0.3) is 0 Å². The van der Waals surface area contributed by atoms with E-state index >= 15 is 0 Å². The molecule has 26 heavy (non-hydrogen) atoms. The van der Waals surface area contributed by atoms with Gasteiger partial charge in [0.1, 0.15) is 17.3 Å². The van der Waals surface area contributed by atoms with Gasteiger partial charge >= 0.3 is 6.18 Å². The van der Waals surface area contributed by atoms with E-state index in [1.54, 1.807) is 6.92 Å². The molecule has 0 aliphatic carbocycles. The van der Waals surface area contributed by atoms with Gasteiger partial charge in [0, 0.05) is 25.2 Å². The van der Waals surface area contributed by atoms with Crippen molar-refractivity contribution >= 4 is 5.82 Å². The monoisotopic (exact) mass is 368 g/mol. The highest BCUT2D eigenvalue weighted by Gasteiger charge is 2.35. The molecule has 0 amide bonds. The van der Waals surface area contributed by atoms with Crippen molar-refractivity contribution in [3.05, 3.63) is 34.5 Å². The number of fused-ring (bicyclic) bond motifs is 1. The van der Waals surface area contributed by atoms with Gasteiger partial charge in [-0.3, -0.25) is 4.68 Å². The van der Waals surface area contributed by atoms with Crippen LogP contribution in [-0.2, 0) is 25.7 Å². The largest absolute Gasteiger partial charge is 0.433 e. The second-order valence-corrected chi connectivity index (χ2v) is 6.81. The summed E-state index contributed by atoms with van der Waals surface area (Å²) in [6.45, 7) is 7.57. The van der Waals surface area contributed by atoms with Gasteiger partial charge in [-0.1, -0.05) is 6.92 Å². The fourth-order valence-corrected chi connectivity index (χ4v) is 3.17. The molecule has 0 aromatic carbocycles. The lowest BCUT2D eigenvalue weighted by molar-refractivity contribution is -0.144. The molecule has 6 nitrogen and oxygen atoms in total. The molecular formula is C17H23F3N6. The number of aryl methyl sites for hydroxylation is 2. The lowest BCUT2D eigenvalue weighted by Gasteiger charge is -2.21. The van der Waals surface area contributed by atoms with E-state index in [1.165, 1.54) is 0 Å². The summed E-state index contributed by atoms with van der Waals surface area (Å²) in [5.41, 5.74) is 1.74. The van der Waals surface area contributed by atoms with Crippen LogP contribution in [0.5, 0.6) is 0 Å². The van der Waals surface area contributed by atoms with E-state index in [-0.39, 0.29) is 12.5 Å². The summed E-state index contributed by atoms with van der Waals surface area (Å²) in [6, 6.07) is 1.08. The van der Waals surface area contributed by atoms with Gasteiger partial charge < -0.3 is 10.6 Å². The normalized spacial score (nSPS) is 15.6. The van der Waals surface area contributed by atoms with E-state index in [1.807, 2.05) is 13.8 Å². The van der Waals surface area contributed by atoms with E-state index in [2.05, 4.69) is 25.7 Å². The van der Waals surface area contributed by atoms with Gasteiger partial charge in [0.25, 0.3) is 0 Å². The molecule has 2 N–H and O–H groups in total. The Balaban J connectivity index is 1.69. The summed E-state index contributed by atoms with van der Waals surface area (Å²) >= 11 is 0.